The van der Waals surface area contributed by atoms with E-state index in [1.54, 1.807) is 0 Å². The summed E-state index contributed by atoms with van der Waals surface area (Å²) >= 11 is 9.97. The third-order valence-electron chi connectivity index (χ3n) is 3.52. The van der Waals surface area contributed by atoms with Crippen molar-refractivity contribution in [1.29, 1.82) is 0 Å². The number of alkyl halides is 1. The summed E-state index contributed by atoms with van der Waals surface area (Å²) in [6, 6.07) is 8.51. The summed E-state index contributed by atoms with van der Waals surface area (Å²) < 4.78 is 1.89. The summed E-state index contributed by atoms with van der Waals surface area (Å²) in [5, 5.41) is 6.09. The molecule has 1 atom stereocenters. The van der Waals surface area contributed by atoms with Gasteiger partial charge in [-0.3, -0.25) is 4.68 Å². The molecule has 1 heterocycles. The Labute approximate surface area is 127 Å². The highest BCUT2D eigenvalue weighted by molar-refractivity contribution is 9.09. The molecule has 0 saturated heterocycles. The minimum absolute atomic E-state index is 0.411. The molecular weight excluding hydrogens is 324 g/mol. The molecule has 0 radical (unpaired) electrons. The SMILES string of the molecule is Cc1ccccc1C(CBr)Cc1c(Cl)c(C)nn1C. The van der Waals surface area contributed by atoms with Crippen molar-refractivity contribution in [3.63, 3.8) is 0 Å². The van der Waals surface area contributed by atoms with E-state index in [2.05, 4.69) is 52.2 Å². The predicted molar refractivity (Wildman–Crippen MR) is 84.4 cm³/mol. The average molecular weight is 342 g/mol. The molecule has 19 heavy (non-hydrogen) atoms. The predicted octanol–water partition coefficient (Wildman–Crippen LogP) is 4.41. The molecule has 0 aliphatic rings. The Bertz CT molecular complexity index is 578. The van der Waals surface area contributed by atoms with E-state index in [1.165, 1.54) is 11.1 Å². The maximum Gasteiger partial charge on any atom is 0.0847 e. The molecule has 0 aliphatic carbocycles. The van der Waals surface area contributed by atoms with Gasteiger partial charge in [0.25, 0.3) is 0 Å². The van der Waals surface area contributed by atoms with Gasteiger partial charge in [-0.25, -0.2) is 0 Å². The van der Waals surface area contributed by atoms with Crippen molar-refractivity contribution < 1.29 is 0 Å². The molecule has 0 saturated carbocycles. The number of aromatic nitrogens is 2. The maximum absolute atomic E-state index is 6.34. The number of nitrogens with zero attached hydrogens (tertiary/aromatic N) is 2. The van der Waals surface area contributed by atoms with Crippen molar-refractivity contribution in [2.45, 2.75) is 26.2 Å². The molecule has 1 aromatic heterocycles. The zero-order valence-corrected chi connectivity index (χ0v) is 13.8. The van der Waals surface area contributed by atoms with Crippen LogP contribution in [0.2, 0.25) is 5.02 Å². The first-order valence-corrected chi connectivity index (χ1v) is 7.84. The Kier molecular flexibility index (Phi) is 4.69. The third kappa shape index (κ3) is 3.03. The smallest absolute Gasteiger partial charge is 0.0847 e. The van der Waals surface area contributed by atoms with Crippen molar-refractivity contribution in [3.8, 4) is 0 Å². The van der Waals surface area contributed by atoms with E-state index in [9.17, 15) is 0 Å². The second-order valence-electron chi connectivity index (χ2n) is 4.88. The van der Waals surface area contributed by atoms with E-state index >= 15 is 0 Å². The molecule has 2 aromatic rings. The van der Waals surface area contributed by atoms with Crippen molar-refractivity contribution in [2.24, 2.45) is 7.05 Å². The number of aryl methyl sites for hydroxylation is 3. The number of hydrogen-bond acceptors (Lipinski definition) is 1. The molecular formula is C15H18BrClN2. The average Bonchev–Trinajstić information content (AvgIpc) is 2.63. The molecule has 0 fully saturated rings. The van der Waals surface area contributed by atoms with Crippen LogP contribution in [0.15, 0.2) is 24.3 Å². The summed E-state index contributed by atoms with van der Waals surface area (Å²) in [6.07, 6.45) is 0.895. The molecule has 0 spiro atoms. The lowest BCUT2D eigenvalue weighted by Crippen LogP contribution is -2.10. The minimum atomic E-state index is 0.411. The van der Waals surface area contributed by atoms with Gasteiger partial charge in [0, 0.05) is 12.4 Å². The van der Waals surface area contributed by atoms with Crippen molar-refractivity contribution in [1.82, 2.24) is 9.78 Å². The standard InChI is InChI=1S/C15H18BrClN2/c1-10-6-4-5-7-13(10)12(9-16)8-14-15(17)11(2)18-19(14)3/h4-7,12H,8-9H2,1-3H3. The minimum Gasteiger partial charge on any atom is -0.271 e. The topological polar surface area (TPSA) is 17.8 Å². The van der Waals surface area contributed by atoms with Crippen molar-refractivity contribution in [2.75, 3.05) is 5.33 Å². The second-order valence-corrected chi connectivity index (χ2v) is 5.91. The summed E-state index contributed by atoms with van der Waals surface area (Å²) in [5.41, 5.74) is 4.69. The molecule has 4 heteroatoms. The van der Waals surface area contributed by atoms with E-state index in [1.807, 2.05) is 18.7 Å². The van der Waals surface area contributed by atoms with Crippen LogP contribution in [0.5, 0.6) is 0 Å². The summed E-state index contributed by atoms with van der Waals surface area (Å²) in [6.45, 7) is 4.10. The fraction of sp³-hybridized carbons (Fsp3) is 0.400. The fourth-order valence-electron chi connectivity index (χ4n) is 2.43. The van der Waals surface area contributed by atoms with E-state index in [-0.39, 0.29) is 0 Å². The largest absolute Gasteiger partial charge is 0.271 e. The van der Waals surface area contributed by atoms with Crippen LogP contribution in [0.4, 0.5) is 0 Å². The van der Waals surface area contributed by atoms with Gasteiger partial charge in [0.05, 0.1) is 16.4 Å². The maximum atomic E-state index is 6.34. The van der Waals surface area contributed by atoms with Gasteiger partial charge in [-0.05, 0) is 37.3 Å². The van der Waals surface area contributed by atoms with E-state index in [0.717, 1.165) is 28.2 Å². The van der Waals surface area contributed by atoms with Crippen LogP contribution in [0.3, 0.4) is 0 Å². The van der Waals surface area contributed by atoms with Gasteiger partial charge >= 0.3 is 0 Å². The molecule has 2 rings (SSSR count). The van der Waals surface area contributed by atoms with Gasteiger partial charge in [0.2, 0.25) is 0 Å². The van der Waals surface area contributed by atoms with Gasteiger partial charge in [-0.2, -0.15) is 5.10 Å². The van der Waals surface area contributed by atoms with Gasteiger partial charge in [0.1, 0.15) is 0 Å². The number of hydrogen-bond donors (Lipinski definition) is 0. The van der Waals surface area contributed by atoms with E-state index in [4.69, 9.17) is 11.6 Å². The monoisotopic (exact) mass is 340 g/mol. The van der Waals surface area contributed by atoms with Crippen LogP contribution in [0, 0.1) is 13.8 Å². The van der Waals surface area contributed by atoms with Crippen LogP contribution in [0.25, 0.3) is 0 Å². The number of rotatable bonds is 4. The zero-order valence-electron chi connectivity index (χ0n) is 11.5. The highest BCUT2D eigenvalue weighted by Gasteiger charge is 2.18. The molecule has 1 unspecified atom stereocenters. The Balaban J connectivity index is 2.32. The summed E-state index contributed by atoms with van der Waals surface area (Å²) in [5.74, 6) is 0.411. The zero-order chi connectivity index (χ0) is 14.0. The first-order chi connectivity index (χ1) is 9.04. The van der Waals surface area contributed by atoms with Crippen LogP contribution in [-0.2, 0) is 13.5 Å². The molecule has 2 nitrogen and oxygen atoms in total. The molecule has 102 valence electrons. The molecule has 1 aromatic carbocycles. The van der Waals surface area contributed by atoms with Crippen LogP contribution < -0.4 is 0 Å². The lowest BCUT2D eigenvalue weighted by molar-refractivity contribution is 0.659. The van der Waals surface area contributed by atoms with Gasteiger partial charge in [-0.15, -0.1) is 0 Å². The van der Waals surface area contributed by atoms with Gasteiger partial charge < -0.3 is 0 Å². The first kappa shape index (κ1) is 14.6. The first-order valence-electron chi connectivity index (χ1n) is 6.34. The molecule has 0 aliphatic heterocycles. The Morgan fingerprint density at radius 1 is 1.32 bits per heavy atom. The molecule has 0 N–H and O–H groups in total. The van der Waals surface area contributed by atoms with Gasteiger partial charge in [0.15, 0.2) is 0 Å². The van der Waals surface area contributed by atoms with E-state index < -0.39 is 0 Å². The quantitative estimate of drug-likeness (QED) is 0.753. The Morgan fingerprint density at radius 2 is 2.00 bits per heavy atom. The highest BCUT2D eigenvalue weighted by atomic mass is 79.9. The molecule has 0 amide bonds. The lowest BCUT2D eigenvalue weighted by Gasteiger charge is -2.17. The van der Waals surface area contributed by atoms with Crippen LogP contribution >= 0.6 is 27.5 Å². The number of halogens is 2. The van der Waals surface area contributed by atoms with Crippen LogP contribution in [-0.4, -0.2) is 15.1 Å². The lowest BCUT2D eigenvalue weighted by atomic mass is 9.92. The van der Waals surface area contributed by atoms with E-state index in [0.29, 0.717) is 5.92 Å². The Hall–Kier alpha value is -0.800. The van der Waals surface area contributed by atoms with Gasteiger partial charge in [-0.1, -0.05) is 51.8 Å². The number of benzene rings is 1. The van der Waals surface area contributed by atoms with Crippen LogP contribution in [0.1, 0.15) is 28.4 Å². The highest BCUT2D eigenvalue weighted by Crippen LogP contribution is 2.29. The Morgan fingerprint density at radius 3 is 2.53 bits per heavy atom. The third-order valence-corrected chi connectivity index (χ3v) is 4.79. The fourth-order valence-corrected chi connectivity index (χ4v) is 3.24. The molecule has 0 bridgehead atoms. The van der Waals surface area contributed by atoms with Crippen molar-refractivity contribution >= 4 is 27.5 Å². The normalized spacial score (nSPS) is 12.7. The summed E-state index contributed by atoms with van der Waals surface area (Å²) in [4.78, 5) is 0. The van der Waals surface area contributed by atoms with Crippen molar-refractivity contribution in [3.05, 3.63) is 51.8 Å². The second kappa shape index (κ2) is 6.10. The summed E-state index contributed by atoms with van der Waals surface area (Å²) in [7, 11) is 1.96.